The van der Waals surface area contributed by atoms with Crippen molar-refractivity contribution < 1.29 is 4.79 Å². The van der Waals surface area contributed by atoms with Crippen LogP contribution in [0.2, 0.25) is 5.02 Å². The molecule has 2 heterocycles. The molecule has 1 aromatic rings. The Morgan fingerprint density at radius 2 is 2.26 bits per heavy atom. The summed E-state index contributed by atoms with van der Waals surface area (Å²) in [7, 11) is 0. The van der Waals surface area contributed by atoms with Crippen molar-refractivity contribution in [1.82, 2.24) is 10.3 Å². The monoisotopic (exact) mass is 279 g/mol. The second-order valence-corrected chi connectivity index (χ2v) is 5.80. The summed E-state index contributed by atoms with van der Waals surface area (Å²) >= 11 is 6.17. The number of nitrogens with one attached hydrogen (secondary N) is 1. The van der Waals surface area contributed by atoms with Crippen LogP contribution in [0.15, 0.2) is 18.5 Å². The van der Waals surface area contributed by atoms with Crippen LogP contribution in [0.1, 0.15) is 25.7 Å². The summed E-state index contributed by atoms with van der Waals surface area (Å²) < 4.78 is 0. The van der Waals surface area contributed by atoms with E-state index >= 15 is 0 Å². The summed E-state index contributed by atoms with van der Waals surface area (Å²) in [6, 6.07) is 2.36. The average molecular weight is 280 g/mol. The number of pyridine rings is 1. The van der Waals surface area contributed by atoms with Gasteiger partial charge in [0, 0.05) is 31.5 Å². The first kappa shape index (κ1) is 12.7. The molecule has 1 saturated heterocycles. The Morgan fingerprint density at radius 3 is 3.00 bits per heavy atom. The topological polar surface area (TPSA) is 45.2 Å². The third-order valence-electron chi connectivity index (χ3n) is 3.81. The smallest absolute Gasteiger partial charge is 0.225 e. The van der Waals surface area contributed by atoms with Crippen molar-refractivity contribution in [2.24, 2.45) is 5.92 Å². The van der Waals surface area contributed by atoms with Crippen LogP contribution in [0.3, 0.4) is 0 Å². The maximum atomic E-state index is 12.1. The molecule has 2 fully saturated rings. The Bertz CT molecular complexity index is 476. The normalized spacial score (nSPS) is 23.2. The molecule has 4 nitrogen and oxygen atoms in total. The Labute approximate surface area is 118 Å². The lowest BCUT2D eigenvalue weighted by Gasteiger charge is -2.34. The molecule has 1 amide bonds. The molecule has 19 heavy (non-hydrogen) atoms. The van der Waals surface area contributed by atoms with Crippen molar-refractivity contribution in [2.75, 3.05) is 18.0 Å². The van der Waals surface area contributed by atoms with Gasteiger partial charge in [0.1, 0.15) is 0 Å². The molecule has 1 aliphatic heterocycles. The summed E-state index contributed by atoms with van der Waals surface area (Å²) in [5.41, 5.74) is 0.987. The van der Waals surface area contributed by atoms with Gasteiger partial charge >= 0.3 is 0 Å². The van der Waals surface area contributed by atoms with Gasteiger partial charge < -0.3 is 10.2 Å². The van der Waals surface area contributed by atoms with Crippen LogP contribution in [-0.2, 0) is 4.79 Å². The maximum Gasteiger partial charge on any atom is 0.225 e. The van der Waals surface area contributed by atoms with Crippen LogP contribution in [0.4, 0.5) is 5.69 Å². The number of halogens is 1. The Kier molecular flexibility index (Phi) is 3.60. The predicted octanol–water partition coefficient (Wildman–Crippen LogP) is 2.23. The summed E-state index contributed by atoms with van der Waals surface area (Å²) in [5, 5.41) is 3.76. The minimum Gasteiger partial charge on any atom is -0.369 e. The first-order chi connectivity index (χ1) is 9.24. The molecule has 1 unspecified atom stereocenters. The van der Waals surface area contributed by atoms with E-state index in [1.807, 2.05) is 6.07 Å². The molecule has 1 aliphatic carbocycles. The molecule has 1 aromatic heterocycles. The van der Waals surface area contributed by atoms with Gasteiger partial charge in [0.15, 0.2) is 0 Å². The van der Waals surface area contributed by atoms with E-state index in [1.165, 1.54) is 0 Å². The zero-order valence-corrected chi connectivity index (χ0v) is 11.6. The molecule has 0 bridgehead atoms. The lowest BCUT2D eigenvalue weighted by molar-refractivity contribution is -0.125. The molecule has 1 N–H and O–H groups in total. The fraction of sp³-hybridized carbons (Fsp3) is 0.571. The van der Waals surface area contributed by atoms with Crippen molar-refractivity contribution in [1.29, 1.82) is 0 Å². The van der Waals surface area contributed by atoms with Gasteiger partial charge in [-0.1, -0.05) is 11.6 Å². The lowest BCUT2D eigenvalue weighted by Crippen LogP contribution is -2.43. The van der Waals surface area contributed by atoms with Gasteiger partial charge in [0.25, 0.3) is 0 Å². The quantitative estimate of drug-likeness (QED) is 0.923. The minimum absolute atomic E-state index is 0.0820. The zero-order valence-electron chi connectivity index (χ0n) is 10.8. The highest BCUT2D eigenvalue weighted by Gasteiger charge is 2.30. The number of carbonyl (C=O) groups excluding carboxylic acids is 1. The molecule has 0 spiro atoms. The molecule has 0 aromatic carbocycles. The van der Waals surface area contributed by atoms with Crippen LogP contribution in [0.25, 0.3) is 0 Å². The van der Waals surface area contributed by atoms with Gasteiger partial charge in [-0.2, -0.15) is 0 Å². The SMILES string of the molecule is O=C(NC1CC1)C1CCCN(c2ccncc2Cl)C1. The van der Waals surface area contributed by atoms with Gasteiger partial charge in [-0.3, -0.25) is 9.78 Å². The second kappa shape index (κ2) is 5.37. The molecule has 2 aliphatic rings. The number of nitrogens with zero attached hydrogens (tertiary/aromatic N) is 2. The van der Waals surface area contributed by atoms with Gasteiger partial charge in [-0.15, -0.1) is 0 Å². The first-order valence-electron chi connectivity index (χ1n) is 6.89. The molecule has 1 saturated carbocycles. The van der Waals surface area contributed by atoms with Crippen LogP contribution in [0.5, 0.6) is 0 Å². The zero-order chi connectivity index (χ0) is 13.2. The molecule has 102 valence electrons. The summed E-state index contributed by atoms with van der Waals surface area (Å²) in [5.74, 6) is 0.288. The van der Waals surface area contributed by atoms with Gasteiger partial charge in [0.05, 0.1) is 16.6 Å². The number of hydrogen-bond donors (Lipinski definition) is 1. The van der Waals surface area contributed by atoms with Crippen LogP contribution < -0.4 is 10.2 Å². The highest BCUT2D eigenvalue weighted by molar-refractivity contribution is 6.33. The number of rotatable bonds is 3. The third-order valence-corrected chi connectivity index (χ3v) is 4.10. The largest absolute Gasteiger partial charge is 0.369 e. The number of anilines is 1. The van der Waals surface area contributed by atoms with Crippen molar-refractivity contribution in [2.45, 2.75) is 31.7 Å². The van der Waals surface area contributed by atoms with E-state index in [2.05, 4.69) is 15.2 Å². The fourth-order valence-electron chi connectivity index (χ4n) is 2.58. The van der Waals surface area contributed by atoms with Crippen molar-refractivity contribution in [3.63, 3.8) is 0 Å². The van der Waals surface area contributed by atoms with Crippen molar-refractivity contribution >= 4 is 23.2 Å². The lowest BCUT2D eigenvalue weighted by atomic mass is 9.96. The number of piperidine rings is 1. The summed E-state index contributed by atoms with van der Waals surface area (Å²) in [6.45, 7) is 1.71. The standard InChI is InChI=1S/C14H18ClN3O/c15-12-8-16-6-5-13(12)18-7-1-2-10(9-18)14(19)17-11-3-4-11/h5-6,8,10-11H,1-4,7,9H2,(H,17,19). The number of hydrogen-bond acceptors (Lipinski definition) is 3. The molecular formula is C14H18ClN3O. The van der Waals surface area contributed by atoms with E-state index in [4.69, 9.17) is 11.6 Å². The molecule has 5 heteroatoms. The van der Waals surface area contributed by atoms with Gasteiger partial charge in [-0.25, -0.2) is 0 Å². The fourth-order valence-corrected chi connectivity index (χ4v) is 2.82. The summed E-state index contributed by atoms with van der Waals surface area (Å²) in [6.07, 6.45) is 7.68. The highest BCUT2D eigenvalue weighted by atomic mass is 35.5. The predicted molar refractivity (Wildman–Crippen MR) is 75.3 cm³/mol. The van der Waals surface area contributed by atoms with Crippen LogP contribution in [0, 0.1) is 5.92 Å². The van der Waals surface area contributed by atoms with Gasteiger partial charge in [-0.05, 0) is 31.7 Å². The first-order valence-corrected chi connectivity index (χ1v) is 7.26. The molecule has 1 atom stereocenters. The van der Waals surface area contributed by atoms with Gasteiger partial charge in [0.2, 0.25) is 5.91 Å². The number of aromatic nitrogens is 1. The number of carbonyl (C=O) groups is 1. The Morgan fingerprint density at radius 1 is 1.42 bits per heavy atom. The van der Waals surface area contributed by atoms with E-state index in [0.29, 0.717) is 11.1 Å². The van der Waals surface area contributed by atoms with E-state index in [1.54, 1.807) is 12.4 Å². The van der Waals surface area contributed by atoms with Crippen LogP contribution >= 0.6 is 11.6 Å². The van der Waals surface area contributed by atoms with Crippen LogP contribution in [-0.4, -0.2) is 30.0 Å². The molecular weight excluding hydrogens is 262 g/mol. The third kappa shape index (κ3) is 3.00. The Balaban J connectivity index is 1.67. The second-order valence-electron chi connectivity index (χ2n) is 5.40. The Hall–Kier alpha value is -1.29. The van der Waals surface area contributed by atoms with Crippen molar-refractivity contribution in [3.8, 4) is 0 Å². The van der Waals surface area contributed by atoms with Crippen molar-refractivity contribution in [3.05, 3.63) is 23.5 Å². The molecule has 0 radical (unpaired) electrons. The highest BCUT2D eigenvalue weighted by Crippen LogP contribution is 2.29. The average Bonchev–Trinajstić information content (AvgIpc) is 3.23. The summed E-state index contributed by atoms with van der Waals surface area (Å²) in [4.78, 5) is 18.3. The van der Waals surface area contributed by atoms with E-state index in [9.17, 15) is 4.79 Å². The molecule has 3 rings (SSSR count). The maximum absolute atomic E-state index is 12.1. The number of amides is 1. The van der Waals surface area contributed by atoms with E-state index < -0.39 is 0 Å². The van der Waals surface area contributed by atoms with E-state index in [-0.39, 0.29) is 11.8 Å². The van der Waals surface area contributed by atoms with E-state index in [0.717, 1.165) is 44.5 Å². The minimum atomic E-state index is 0.0820.